The molecule has 2 atom stereocenters. The summed E-state index contributed by atoms with van der Waals surface area (Å²) >= 11 is 0. The highest BCUT2D eigenvalue weighted by Gasteiger charge is 2.46. The maximum atomic E-state index is 10.7. The van der Waals surface area contributed by atoms with E-state index in [2.05, 4.69) is 0 Å². The molecule has 88 valence electrons. The van der Waals surface area contributed by atoms with Gasteiger partial charge >= 0.3 is 11.9 Å². The molecule has 6 heteroatoms. The summed E-state index contributed by atoms with van der Waals surface area (Å²) < 4.78 is 0. The Morgan fingerprint density at radius 1 is 0.938 bits per heavy atom. The van der Waals surface area contributed by atoms with Crippen molar-refractivity contribution in [3.63, 3.8) is 0 Å². The summed E-state index contributed by atoms with van der Waals surface area (Å²) in [6.45, 7) is 0. The molecule has 1 aliphatic rings. The summed E-state index contributed by atoms with van der Waals surface area (Å²) in [5, 5.41) is 17.5. The van der Waals surface area contributed by atoms with Gasteiger partial charge in [-0.1, -0.05) is 24.3 Å². The number of carboxylic acids is 2. The molecule has 0 fully saturated rings. The van der Waals surface area contributed by atoms with Crippen LogP contribution in [0.3, 0.4) is 0 Å². The van der Waals surface area contributed by atoms with E-state index < -0.39 is 35.9 Å². The SMILES string of the molecule is NC1(CC(=O)O)C=CC=CC1(N)CC(=O)O. The van der Waals surface area contributed by atoms with Crippen molar-refractivity contribution >= 4 is 11.9 Å². The second kappa shape index (κ2) is 4.07. The van der Waals surface area contributed by atoms with Gasteiger partial charge in [-0.25, -0.2) is 0 Å². The fourth-order valence-corrected chi connectivity index (χ4v) is 1.71. The monoisotopic (exact) mass is 226 g/mol. The van der Waals surface area contributed by atoms with Crippen LogP contribution in [-0.4, -0.2) is 33.2 Å². The number of aliphatic carboxylic acids is 2. The van der Waals surface area contributed by atoms with E-state index in [9.17, 15) is 9.59 Å². The van der Waals surface area contributed by atoms with Crippen molar-refractivity contribution in [2.75, 3.05) is 0 Å². The molecule has 0 saturated carbocycles. The first-order valence-corrected chi connectivity index (χ1v) is 4.67. The molecule has 16 heavy (non-hydrogen) atoms. The summed E-state index contributed by atoms with van der Waals surface area (Å²) in [7, 11) is 0. The maximum Gasteiger partial charge on any atom is 0.305 e. The number of nitrogens with two attached hydrogens (primary N) is 2. The lowest BCUT2D eigenvalue weighted by molar-refractivity contribution is -0.141. The van der Waals surface area contributed by atoms with Crippen molar-refractivity contribution in [2.45, 2.75) is 23.9 Å². The molecule has 0 aliphatic heterocycles. The molecule has 0 radical (unpaired) electrons. The molecule has 6 nitrogen and oxygen atoms in total. The number of carboxylic acid groups (broad SMARTS) is 2. The molecule has 0 saturated heterocycles. The first-order chi connectivity index (χ1) is 7.29. The quantitative estimate of drug-likeness (QED) is 0.509. The van der Waals surface area contributed by atoms with Gasteiger partial charge in [-0.3, -0.25) is 9.59 Å². The van der Waals surface area contributed by atoms with Gasteiger partial charge in [-0.15, -0.1) is 0 Å². The lowest BCUT2D eigenvalue weighted by atomic mass is 9.71. The predicted molar refractivity (Wildman–Crippen MR) is 56.6 cm³/mol. The number of rotatable bonds is 4. The average molecular weight is 226 g/mol. The zero-order valence-corrected chi connectivity index (χ0v) is 8.59. The van der Waals surface area contributed by atoms with Crippen LogP contribution in [0.2, 0.25) is 0 Å². The van der Waals surface area contributed by atoms with Crippen LogP contribution >= 0.6 is 0 Å². The molecule has 0 aromatic heterocycles. The molecule has 0 amide bonds. The van der Waals surface area contributed by atoms with Crippen LogP contribution in [-0.2, 0) is 9.59 Å². The first-order valence-electron chi connectivity index (χ1n) is 4.67. The zero-order chi connectivity index (χ0) is 12.4. The van der Waals surface area contributed by atoms with Crippen LogP contribution in [0.1, 0.15) is 12.8 Å². The van der Waals surface area contributed by atoms with Crippen molar-refractivity contribution in [2.24, 2.45) is 11.5 Å². The van der Waals surface area contributed by atoms with Gasteiger partial charge in [0.2, 0.25) is 0 Å². The summed E-state index contributed by atoms with van der Waals surface area (Å²) in [5.74, 6) is -2.25. The van der Waals surface area contributed by atoms with E-state index in [-0.39, 0.29) is 0 Å². The van der Waals surface area contributed by atoms with Crippen LogP contribution in [0, 0.1) is 0 Å². The minimum atomic E-state index is -1.38. The van der Waals surface area contributed by atoms with E-state index >= 15 is 0 Å². The highest BCUT2D eigenvalue weighted by molar-refractivity contribution is 5.73. The maximum absolute atomic E-state index is 10.7. The molecule has 0 aromatic rings. The zero-order valence-electron chi connectivity index (χ0n) is 8.59. The third kappa shape index (κ3) is 2.29. The van der Waals surface area contributed by atoms with E-state index in [4.69, 9.17) is 21.7 Å². The highest BCUT2D eigenvalue weighted by Crippen LogP contribution is 2.30. The third-order valence-electron chi connectivity index (χ3n) is 2.65. The fraction of sp³-hybridized carbons (Fsp3) is 0.400. The van der Waals surface area contributed by atoms with Gasteiger partial charge in [0.1, 0.15) is 0 Å². The highest BCUT2D eigenvalue weighted by atomic mass is 16.4. The minimum absolute atomic E-state index is 0.419. The summed E-state index contributed by atoms with van der Waals surface area (Å²) in [4.78, 5) is 21.4. The van der Waals surface area contributed by atoms with E-state index in [1.807, 2.05) is 0 Å². The van der Waals surface area contributed by atoms with Crippen molar-refractivity contribution in [3.8, 4) is 0 Å². The van der Waals surface area contributed by atoms with Crippen molar-refractivity contribution in [3.05, 3.63) is 24.3 Å². The molecule has 1 aliphatic carbocycles. The van der Waals surface area contributed by atoms with Gasteiger partial charge in [-0.2, -0.15) is 0 Å². The minimum Gasteiger partial charge on any atom is -0.481 e. The summed E-state index contributed by atoms with van der Waals surface area (Å²) in [6.07, 6.45) is 5.16. The largest absolute Gasteiger partial charge is 0.481 e. The Balaban J connectivity index is 3.04. The van der Waals surface area contributed by atoms with Crippen molar-refractivity contribution in [1.82, 2.24) is 0 Å². The topological polar surface area (TPSA) is 127 Å². The second-order valence-corrected chi connectivity index (χ2v) is 3.94. The Bertz CT molecular complexity index is 341. The number of hydrogen-bond donors (Lipinski definition) is 4. The Kier molecular flexibility index (Phi) is 3.16. The van der Waals surface area contributed by atoms with Crippen molar-refractivity contribution in [1.29, 1.82) is 0 Å². The van der Waals surface area contributed by atoms with Crippen LogP contribution in [0.5, 0.6) is 0 Å². The van der Waals surface area contributed by atoms with Crippen LogP contribution in [0.15, 0.2) is 24.3 Å². The van der Waals surface area contributed by atoms with Gasteiger partial charge in [0, 0.05) is 0 Å². The van der Waals surface area contributed by atoms with Gasteiger partial charge in [0.05, 0.1) is 23.9 Å². The molecule has 1 rings (SSSR count). The molecule has 6 N–H and O–H groups in total. The molecule has 0 spiro atoms. The fourth-order valence-electron chi connectivity index (χ4n) is 1.71. The standard InChI is InChI=1S/C10H14N2O4/c11-9(5-7(13)14)3-1-2-4-10(9,12)6-8(15)16/h1-4H,5-6,11-12H2,(H,13,14)(H,15,16). The van der Waals surface area contributed by atoms with Gasteiger partial charge in [-0.05, 0) is 0 Å². The third-order valence-corrected chi connectivity index (χ3v) is 2.65. The van der Waals surface area contributed by atoms with Crippen LogP contribution < -0.4 is 11.5 Å². The lowest BCUT2D eigenvalue weighted by Gasteiger charge is -2.42. The van der Waals surface area contributed by atoms with E-state index in [1.165, 1.54) is 12.2 Å². The molecular weight excluding hydrogens is 212 g/mol. The number of allylic oxidation sites excluding steroid dienone is 2. The van der Waals surface area contributed by atoms with Crippen LogP contribution in [0.4, 0.5) is 0 Å². The Labute approximate surface area is 92.2 Å². The second-order valence-electron chi connectivity index (χ2n) is 3.94. The lowest BCUT2D eigenvalue weighted by Crippen LogP contribution is -2.66. The number of hydrogen-bond acceptors (Lipinski definition) is 4. The predicted octanol–water partition coefficient (Wildman–Crippen LogP) is -0.543. The molecule has 2 unspecified atom stereocenters. The average Bonchev–Trinajstić information content (AvgIpc) is 2.08. The summed E-state index contributed by atoms with van der Waals surface area (Å²) in [5.41, 5.74) is 8.99. The van der Waals surface area contributed by atoms with Gasteiger partial charge < -0.3 is 21.7 Å². The molecular formula is C10H14N2O4. The molecule has 0 bridgehead atoms. The van der Waals surface area contributed by atoms with E-state index in [0.717, 1.165) is 0 Å². The molecule has 0 heterocycles. The smallest absolute Gasteiger partial charge is 0.305 e. The van der Waals surface area contributed by atoms with Crippen LogP contribution in [0.25, 0.3) is 0 Å². The van der Waals surface area contributed by atoms with Gasteiger partial charge in [0.15, 0.2) is 0 Å². The first kappa shape index (κ1) is 12.4. The Morgan fingerprint density at radius 3 is 1.50 bits per heavy atom. The van der Waals surface area contributed by atoms with E-state index in [1.54, 1.807) is 12.2 Å². The normalized spacial score (nSPS) is 32.6. The Hall–Kier alpha value is -1.66. The molecule has 0 aromatic carbocycles. The summed E-state index contributed by atoms with van der Waals surface area (Å²) in [6, 6.07) is 0. The van der Waals surface area contributed by atoms with E-state index in [0.29, 0.717) is 0 Å². The number of carbonyl (C=O) groups is 2. The van der Waals surface area contributed by atoms with Crippen molar-refractivity contribution < 1.29 is 19.8 Å². The van der Waals surface area contributed by atoms with Gasteiger partial charge in [0.25, 0.3) is 0 Å². The Morgan fingerprint density at radius 2 is 1.25 bits per heavy atom.